The van der Waals surface area contributed by atoms with E-state index in [2.05, 4.69) is 17.1 Å². The number of amides is 2. The lowest BCUT2D eigenvalue weighted by Gasteiger charge is -2.35. The van der Waals surface area contributed by atoms with E-state index in [0.717, 1.165) is 37.2 Å². The summed E-state index contributed by atoms with van der Waals surface area (Å²) < 4.78 is 0. The molecule has 1 aliphatic heterocycles. The van der Waals surface area contributed by atoms with Gasteiger partial charge in [0.25, 0.3) is 0 Å². The quantitative estimate of drug-likeness (QED) is 0.734. The smallest absolute Gasteiger partial charge is 0.234 e. The number of carbonyl (C=O) groups is 2. The minimum Gasteiger partial charge on any atom is -0.399 e. The van der Waals surface area contributed by atoms with Crippen LogP contribution in [0, 0.1) is 5.92 Å². The van der Waals surface area contributed by atoms with Gasteiger partial charge in [0.05, 0.1) is 6.54 Å². The Bertz CT molecular complexity index is 670. The van der Waals surface area contributed by atoms with Gasteiger partial charge >= 0.3 is 0 Å². The first-order valence-corrected chi connectivity index (χ1v) is 10.6. The van der Waals surface area contributed by atoms with Crippen molar-refractivity contribution < 1.29 is 9.59 Å². The van der Waals surface area contributed by atoms with E-state index in [1.54, 1.807) is 0 Å². The van der Waals surface area contributed by atoms with Crippen molar-refractivity contribution in [2.75, 3.05) is 38.5 Å². The van der Waals surface area contributed by atoms with Crippen LogP contribution in [0.1, 0.15) is 44.6 Å². The van der Waals surface area contributed by atoms with E-state index in [9.17, 15) is 9.59 Å². The molecule has 2 amide bonds. The molecular formula is C22H34N4O2. The van der Waals surface area contributed by atoms with E-state index in [4.69, 9.17) is 5.73 Å². The number of rotatable bonds is 6. The van der Waals surface area contributed by atoms with Crippen molar-refractivity contribution in [3.05, 3.63) is 29.8 Å². The van der Waals surface area contributed by atoms with Crippen LogP contribution < -0.4 is 11.1 Å². The van der Waals surface area contributed by atoms with Crippen molar-refractivity contribution >= 4 is 17.5 Å². The Morgan fingerprint density at radius 2 is 1.89 bits per heavy atom. The summed E-state index contributed by atoms with van der Waals surface area (Å²) >= 11 is 0. The van der Waals surface area contributed by atoms with E-state index in [-0.39, 0.29) is 11.8 Å². The number of aryl methyl sites for hydroxylation is 1. The molecule has 2 fully saturated rings. The van der Waals surface area contributed by atoms with Gasteiger partial charge in [0, 0.05) is 44.3 Å². The summed E-state index contributed by atoms with van der Waals surface area (Å²) in [6.45, 7) is 5.60. The van der Waals surface area contributed by atoms with E-state index < -0.39 is 0 Å². The summed E-state index contributed by atoms with van der Waals surface area (Å²) in [5.74, 6) is 1.00. The molecule has 0 aromatic heterocycles. The average Bonchev–Trinajstić information content (AvgIpc) is 2.67. The molecule has 1 aromatic carbocycles. The zero-order chi connectivity index (χ0) is 19.9. The van der Waals surface area contributed by atoms with Gasteiger partial charge in [0.1, 0.15) is 0 Å². The number of anilines is 1. The van der Waals surface area contributed by atoms with Gasteiger partial charge in [0.2, 0.25) is 11.8 Å². The van der Waals surface area contributed by atoms with Gasteiger partial charge in [-0.2, -0.15) is 0 Å². The molecule has 1 saturated carbocycles. The van der Waals surface area contributed by atoms with E-state index in [1.165, 1.54) is 12.8 Å². The van der Waals surface area contributed by atoms with Gasteiger partial charge < -0.3 is 16.0 Å². The molecular weight excluding hydrogens is 352 g/mol. The second-order valence-electron chi connectivity index (χ2n) is 8.39. The normalized spacial score (nSPS) is 23.4. The monoisotopic (exact) mass is 386 g/mol. The summed E-state index contributed by atoms with van der Waals surface area (Å²) in [5.41, 5.74) is 7.73. The third kappa shape index (κ3) is 5.96. The van der Waals surface area contributed by atoms with Crippen LogP contribution in [0.5, 0.6) is 0 Å². The summed E-state index contributed by atoms with van der Waals surface area (Å²) in [7, 11) is 0. The van der Waals surface area contributed by atoms with Crippen molar-refractivity contribution in [3.63, 3.8) is 0 Å². The molecule has 1 aliphatic carbocycles. The lowest BCUT2D eigenvalue weighted by Crippen LogP contribution is -2.52. The minimum absolute atomic E-state index is 0.124. The molecule has 2 aliphatic rings. The second kappa shape index (κ2) is 9.92. The number of nitrogen functional groups attached to an aromatic ring is 1. The number of benzene rings is 1. The highest BCUT2D eigenvalue weighted by atomic mass is 16.2. The number of nitrogens with two attached hydrogens (primary N) is 1. The molecule has 6 nitrogen and oxygen atoms in total. The molecule has 0 bridgehead atoms. The predicted octanol–water partition coefficient (Wildman–Crippen LogP) is 2.04. The summed E-state index contributed by atoms with van der Waals surface area (Å²) in [4.78, 5) is 28.9. The fourth-order valence-corrected chi connectivity index (χ4v) is 4.36. The van der Waals surface area contributed by atoms with Crippen LogP contribution >= 0.6 is 0 Å². The van der Waals surface area contributed by atoms with Crippen LogP contribution in [0.3, 0.4) is 0 Å². The highest BCUT2D eigenvalue weighted by Gasteiger charge is 2.24. The molecule has 1 heterocycles. The lowest BCUT2D eigenvalue weighted by atomic mass is 9.87. The van der Waals surface area contributed by atoms with E-state index >= 15 is 0 Å². The number of hydrogen-bond donors (Lipinski definition) is 2. The Morgan fingerprint density at radius 3 is 2.61 bits per heavy atom. The van der Waals surface area contributed by atoms with Gasteiger partial charge in [-0.3, -0.25) is 14.5 Å². The molecule has 3 N–H and O–H groups in total. The standard InChI is InChI=1S/C22H34N4O2/c1-17-5-4-7-19(15-17)24-21(27)16-25-11-13-26(14-12-25)22(28)10-9-18-6-2-3-8-20(18)23/h2-3,6,8,17,19H,4-5,7,9-16,23H2,1H3,(H,24,27). The zero-order valence-electron chi connectivity index (χ0n) is 17.0. The molecule has 28 heavy (non-hydrogen) atoms. The Hall–Kier alpha value is -2.08. The second-order valence-corrected chi connectivity index (χ2v) is 8.39. The maximum absolute atomic E-state index is 12.5. The van der Waals surface area contributed by atoms with E-state index in [0.29, 0.717) is 44.4 Å². The Labute approximate surface area is 168 Å². The maximum Gasteiger partial charge on any atom is 0.234 e. The van der Waals surface area contributed by atoms with Gasteiger partial charge in [-0.05, 0) is 36.8 Å². The first-order valence-electron chi connectivity index (χ1n) is 10.6. The molecule has 2 atom stereocenters. The average molecular weight is 387 g/mol. The number of hydrogen-bond acceptors (Lipinski definition) is 4. The number of nitrogens with zero attached hydrogens (tertiary/aromatic N) is 2. The molecule has 2 unspecified atom stereocenters. The van der Waals surface area contributed by atoms with E-state index in [1.807, 2.05) is 29.2 Å². The Morgan fingerprint density at radius 1 is 1.14 bits per heavy atom. The molecule has 1 aromatic rings. The zero-order valence-corrected chi connectivity index (χ0v) is 17.0. The fraction of sp³-hybridized carbons (Fsp3) is 0.636. The molecule has 154 valence electrons. The minimum atomic E-state index is 0.124. The van der Waals surface area contributed by atoms with Crippen molar-refractivity contribution in [2.24, 2.45) is 5.92 Å². The summed E-state index contributed by atoms with van der Waals surface area (Å²) in [6, 6.07) is 8.05. The van der Waals surface area contributed by atoms with Gasteiger partial charge in [-0.1, -0.05) is 38.0 Å². The van der Waals surface area contributed by atoms with Crippen LogP contribution in [0.25, 0.3) is 0 Å². The molecule has 3 rings (SSSR count). The SMILES string of the molecule is CC1CCCC(NC(=O)CN2CCN(C(=O)CCc3ccccc3N)CC2)C1. The third-order valence-corrected chi connectivity index (χ3v) is 6.06. The van der Waals surface area contributed by atoms with Crippen molar-refractivity contribution in [3.8, 4) is 0 Å². The Balaban J connectivity index is 1.36. The summed E-state index contributed by atoms with van der Waals surface area (Å²) in [6.07, 6.45) is 5.84. The highest BCUT2D eigenvalue weighted by Crippen LogP contribution is 2.23. The number of para-hydroxylation sites is 1. The van der Waals surface area contributed by atoms with Gasteiger partial charge in [-0.25, -0.2) is 0 Å². The summed E-state index contributed by atoms with van der Waals surface area (Å²) in [5, 5.41) is 3.20. The Kier molecular flexibility index (Phi) is 7.31. The van der Waals surface area contributed by atoms with Crippen LogP contribution in [0.4, 0.5) is 5.69 Å². The number of nitrogens with one attached hydrogen (secondary N) is 1. The van der Waals surface area contributed by atoms with Gasteiger partial charge in [-0.15, -0.1) is 0 Å². The molecule has 0 spiro atoms. The molecule has 0 radical (unpaired) electrons. The predicted molar refractivity (Wildman–Crippen MR) is 112 cm³/mol. The third-order valence-electron chi connectivity index (χ3n) is 6.06. The van der Waals surface area contributed by atoms with Gasteiger partial charge in [0.15, 0.2) is 0 Å². The first-order chi connectivity index (χ1) is 13.5. The number of carbonyl (C=O) groups excluding carboxylic acids is 2. The fourth-order valence-electron chi connectivity index (χ4n) is 4.36. The first kappa shape index (κ1) is 20.6. The lowest BCUT2D eigenvalue weighted by molar-refractivity contribution is -0.133. The van der Waals surface area contributed by atoms with Crippen LogP contribution in [-0.4, -0.2) is 60.4 Å². The van der Waals surface area contributed by atoms with Crippen LogP contribution in [0.15, 0.2) is 24.3 Å². The van der Waals surface area contributed by atoms with Crippen molar-refractivity contribution in [2.45, 2.75) is 51.5 Å². The highest BCUT2D eigenvalue weighted by molar-refractivity contribution is 5.79. The largest absolute Gasteiger partial charge is 0.399 e. The van der Waals surface area contributed by atoms with Crippen molar-refractivity contribution in [1.29, 1.82) is 0 Å². The topological polar surface area (TPSA) is 78.7 Å². The van der Waals surface area contributed by atoms with Crippen molar-refractivity contribution in [1.82, 2.24) is 15.1 Å². The molecule has 1 saturated heterocycles. The molecule has 6 heteroatoms. The number of piperazine rings is 1. The maximum atomic E-state index is 12.5. The van der Waals surface area contributed by atoms with Crippen LogP contribution in [0.2, 0.25) is 0 Å². The van der Waals surface area contributed by atoms with Crippen LogP contribution in [-0.2, 0) is 16.0 Å².